The minimum absolute atomic E-state index is 0.186. The number of aryl methyl sites for hydroxylation is 1. The van der Waals surface area contributed by atoms with Gasteiger partial charge in [0.15, 0.2) is 11.5 Å². The molecule has 1 N–H and O–H groups in total. The fourth-order valence-electron chi connectivity index (χ4n) is 2.71. The molecule has 0 unspecified atom stereocenters. The summed E-state index contributed by atoms with van der Waals surface area (Å²) in [4.78, 5) is 12.3. The highest BCUT2D eigenvalue weighted by molar-refractivity contribution is 9.10. The molecule has 0 heterocycles. The van der Waals surface area contributed by atoms with E-state index in [0.717, 1.165) is 35.0 Å². The van der Waals surface area contributed by atoms with Crippen LogP contribution in [0.1, 0.15) is 44.7 Å². The van der Waals surface area contributed by atoms with Gasteiger partial charge in [-0.05, 0) is 84.1 Å². The van der Waals surface area contributed by atoms with E-state index in [9.17, 15) is 4.79 Å². The molecule has 0 aromatic heterocycles. The van der Waals surface area contributed by atoms with Crippen molar-refractivity contribution < 1.29 is 14.3 Å². The van der Waals surface area contributed by atoms with Crippen LogP contribution in [0, 0.1) is 0 Å². The molecule has 0 aliphatic carbocycles. The van der Waals surface area contributed by atoms with Gasteiger partial charge in [-0.15, -0.1) is 0 Å². The van der Waals surface area contributed by atoms with Gasteiger partial charge in [-0.25, -0.2) is 0 Å². The molecule has 2 aromatic carbocycles. The molecule has 150 valence electrons. The fourth-order valence-corrected chi connectivity index (χ4v) is 3.24. The Morgan fingerprint density at radius 1 is 1.04 bits per heavy atom. The lowest BCUT2D eigenvalue weighted by Crippen LogP contribution is -2.08. The number of amides is 1. The average Bonchev–Trinajstić information content (AvgIpc) is 2.68. The quantitative estimate of drug-likeness (QED) is 0.440. The van der Waals surface area contributed by atoms with Crippen LogP contribution in [0.3, 0.4) is 0 Å². The molecule has 0 aliphatic rings. The van der Waals surface area contributed by atoms with Crippen molar-refractivity contribution >= 4 is 33.6 Å². The predicted molar refractivity (Wildman–Crippen MR) is 119 cm³/mol. The number of carbonyl (C=O) groups is 1. The Hall–Kier alpha value is -2.27. The SMILES string of the molecule is CCCCc1ccc(NC(=O)/C=C/c2ccc(OCC)c(OCC)c2)c(Br)c1. The zero-order valence-corrected chi connectivity index (χ0v) is 18.3. The molecular formula is C23H28BrNO3. The third-order valence-electron chi connectivity index (χ3n) is 4.10. The molecule has 28 heavy (non-hydrogen) atoms. The topological polar surface area (TPSA) is 47.6 Å². The normalized spacial score (nSPS) is 10.9. The maximum absolute atomic E-state index is 12.3. The number of unbranched alkanes of at least 4 members (excludes halogenated alkanes) is 1. The second kappa shape index (κ2) is 11.5. The van der Waals surface area contributed by atoms with E-state index in [-0.39, 0.29) is 5.91 Å². The van der Waals surface area contributed by atoms with E-state index in [4.69, 9.17) is 9.47 Å². The van der Waals surface area contributed by atoms with Crippen LogP contribution in [-0.2, 0) is 11.2 Å². The highest BCUT2D eigenvalue weighted by atomic mass is 79.9. The van der Waals surface area contributed by atoms with Gasteiger partial charge in [0, 0.05) is 10.5 Å². The molecule has 2 aromatic rings. The average molecular weight is 446 g/mol. The van der Waals surface area contributed by atoms with Gasteiger partial charge >= 0.3 is 0 Å². The van der Waals surface area contributed by atoms with E-state index in [2.05, 4.69) is 40.3 Å². The van der Waals surface area contributed by atoms with Gasteiger partial charge in [0.2, 0.25) is 5.91 Å². The standard InChI is InChI=1S/C23H28BrNO3/c1-4-7-8-17-9-12-20(19(24)15-17)25-23(26)14-11-18-10-13-21(27-5-2)22(16-18)28-6-3/h9-16H,4-8H2,1-3H3,(H,25,26)/b14-11+. The van der Waals surface area contributed by atoms with Gasteiger partial charge in [0.25, 0.3) is 0 Å². The number of anilines is 1. The first-order chi connectivity index (χ1) is 13.6. The number of hydrogen-bond acceptors (Lipinski definition) is 3. The van der Waals surface area contributed by atoms with Crippen LogP contribution in [0.25, 0.3) is 6.08 Å². The second-order valence-electron chi connectivity index (χ2n) is 6.31. The first-order valence-corrected chi connectivity index (χ1v) is 10.5. The summed E-state index contributed by atoms with van der Waals surface area (Å²) in [5.74, 6) is 1.20. The molecule has 0 aliphatic heterocycles. The van der Waals surface area contributed by atoms with Crippen LogP contribution < -0.4 is 14.8 Å². The molecular weight excluding hydrogens is 418 g/mol. The van der Waals surface area contributed by atoms with Gasteiger partial charge in [-0.3, -0.25) is 4.79 Å². The summed E-state index contributed by atoms with van der Waals surface area (Å²) in [6.45, 7) is 7.16. The zero-order chi connectivity index (χ0) is 20.4. The Morgan fingerprint density at radius 3 is 2.46 bits per heavy atom. The molecule has 4 nitrogen and oxygen atoms in total. The molecule has 5 heteroatoms. The van der Waals surface area contributed by atoms with Crippen LogP contribution in [0.4, 0.5) is 5.69 Å². The number of hydrogen-bond donors (Lipinski definition) is 1. The zero-order valence-electron chi connectivity index (χ0n) is 16.8. The highest BCUT2D eigenvalue weighted by Gasteiger charge is 2.07. The van der Waals surface area contributed by atoms with Gasteiger partial charge in [0.05, 0.1) is 18.9 Å². The van der Waals surface area contributed by atoms with Crippen molar-refractivity contribution in [1.82, 2.24) is 0 Å². The van der Waals surface area contributed by atoms with E-state index in [1.54, 1.807) is 6.08 Å². The number of nitrogens with one attached hydrogen (secondary N) is 1. The Bertz CT molecular complexity index is 817. The smallest absolute Gasteiger partial charge is 0.248 e. The maximum atomic E-state index is 12.3. The van der Waals surface area contributed by atoms with Crippen LogP contribution in [0.15, 0.2) is 46.9 Å². The van der Waals surface area contributed by atoms with Crippen LogP contribution in [-0.4, -0.2) is 19.1 Å². The van der Waals surface area contributed by atoms with Crippen molar-refractivity contribution in [3.8, 4) is 11.5 Å². The number of carbonyl (C=O) groups excluding carboxylic acids is 1. The molecule has 0 atom stereocenters. The van der Waals surface area contributed by atoms with E-state index in [1.165, 1.54) is 11.6 Å². The summed E-state index contributed by atoms with van der Waals surface area (Å²) < 4.78 is 12.1. The highest BCUT2D eigenvalue weighted by Crippen LogP contribution is 2.29. The van der Waals surface area contributed by atoms with Crippen molar-refractivity contribution in [2.45, 2.75) is 40.0 Å². The first-order valence-electron chi connectivity index (χ1n) is 9.74. The van der Waals surface area contributed by atoms with Crippen LogP contribution in [0.5, 0.6) is 11.5 Å². The summed E-state index contributed by atoms with van der Waals surface area (Å²) in [5.41, 5.74) is 2.90. The third kappa shape index (κ3) is 6.71. The molecule has 0 saturated heterocycles. The number of halogens is 1. The monoisotopic (exact) mass is 445 g/mol. The minimum atomic E-state index is -0.186. The van der Waals surface area contributed by atoms with Crippen molar-refractivity contribution in [3.05, 3.63) is 58.1 Å². The Morgan fingerprint density at radius 2 is 1.79 bits per heavy atom. The van der Waals surface area contributed by atoms with Gasteiger partial charge in [-0.2, -0.15) is 0 Å². The predicted octanol–water partition coefficient (Wildman–Crippen LogP) is 6.24. The third-order valence-corrected chi connectivity index (χ3v) is 4.76. The molecule has 1 amide bonds. The maximum Gasteiger partial charge on any atom is 0.248 e. The molecule has 0 bridgehead atoms. The summed E-state index contributed by atoms with van der Waals surface area (Å²) in [6, 6.07) is 11.7. The van der Waals surface area contributed by atoms with E-state index < -0.39 is 0 Å². The number of ether oxygens (including phenoxy) is 2. The van der Waals surface area contributed by atoms with Crippen LogP contribution >= 0.6 is 15.9 Å². The van der Waals surface area contributed by atoms with Crippen molar-refractivity contribution in [1.29, 1.82) is 0 Å². The number of benzene rings is 2. The van der Waals surface area contributed by atoms with Crippen molar-refractivity contribution in [2.75, 3.05) is 18.5 Å². The lowest BCUT2D eigenvalue weighted by molar-refractivity contribution is -0.111. The van der Waals surface area contributed by atoms with E-state index in [0.29, 0.717) is 24.7 Å². The molecule has 0 radical (unpaired) electrons. The van der Waals surface area contributed by atoms with Gasteiger partial charge in [-0.1, -0.05) is 25.5 Å². The Kier molecular flexibility index (Phi) is 9.08. The summed E-state index contributed by atoms with van der Waals surface area (Å²) in [6.07, 6.45) is 6.65. The van der Waals surface area contributed by atoms with Gasteiger partial charge < -0.3 is 14.8 Å². The van der Waals surface area contributed by atoms with Crippen molar-refractivity contribution in [2.24, 2.45) is 0 Å². The molecule has 0 fully saturated rings. The summed E-state index contributed by atoms with van der Waals surface area (Å²) in [5, 5.41) is 2.91. The molecule has 2 rings (SSSR count). The Balaban J connectivity index is 2.04. The van der Waals surface area contributed by atoms with Gasteiger partial charge in [0.1, 0.15) is 0 Å². The number of rotatable bonds is 10. The van der Waals surface area contributed by atoms with Crippen LogP contribution in [0.2, 0.25) is 0 Å². The van der Waals surface area contributed by atoms with E-state index >= 15 is 0 Å². The molecule has 0 spiro atoms. The first kappa shape index (κ1) is 22.0. The Labute approximate surface area is 176 Å². The molecule has 0 saturated carbocycles. The second-order valence-corrected chi connectivity index (χ2v) is 7.17. The summed E-state index contributed by atoms with van der Waals surface area (Å²) in [7, 11) is 0. The summed E-state index contributed by atoms with van der Waals surface area (Å²) >= 11 is 3.54. The van der Waals surface area contributed by atoms with Crippen molar-refractivity contribution in [3.63, 3.8) is 0 Å². The minimum Gasteiger partial charge on any atom is -0.490 e. The largest absolute Gasteiger partial charge is 0.490 e. The fraction of sp³-hybridized carbons (Fsp3) is 0.348. The lowest BCUT2D eigenvalue weighted by Gasteiger charge is -2.11. The lowest BCUT2D eigenvalue weighted by atomic mass is 10.1. The van der Waals surface area contributed by atoms with E-state index in [1.807, 2.05) is 38.1 Å².